The largest absolute Gasteiger partial charge is 0.497 e. The molecular weight excluding hydrogens is 562 g/mol. The summed E-state index contributed by atoms with van der Waals surface area (Å²) < 4.78 is 11.7. The summed E-state index contributed by atoms with van der Waals surface area (Å²) in [7, 11) is 3.27. The van der Waals surface area contributed by atoms with E-state index in [4.69, 9.17) is 21.1 Å². The zero-order chi connectivity index (χ0) is 27.8. The number of carbonyl (C=O) groups is 2. The van der Waals surface area contributed by atoms with Crippen LogP contribution < -0.4 is 14.8 Å². The van der Waals surface area contributed by atoms with Crippen LogP contribution in [0.5, 0.6) is 11.5 Å². The van der Waals surface area contributed by atoms with Gasteiger partial charge in [0, 0.05) is 46.1 Å². The van der Waals surface area contributed by atoms with Crippen LogP contribution in [-0.4, -0.2) is 37.3 Å². The SMILES string of the molecule is COc1ccc([C@H]2C3=C(N[C@@H]2c2ccc(Cl)cc2)[C@@H](c2ccc(OC)cc2)CC(=O)C(=C2SCCS2)C3=O)cc1. The maximum absolute atomic E-state index is 14.6. The number of ether oxygens (including phenoxy) is 2. The molecule has 1 fully saturated rings. The van der Waals surface area contributed by atoms with E-state index >= 15 is 0 Å². The Balaban J connectivity index is 1.56. The molecule has 0 amide bonds. The average Bonchev–Trinajstić information content (AvgIpc) is 3.63. The molecule has 204 valence electrons. The van der Waals surface area contributed by atoms with Gasteiger partial charge in [-0.05, 0) is 53.1 Å². The van der Waals surface area contributed by atoms with E-state index in [1.165, 1.54) is 0 Å². The van der Waals surface area contributed by atoms with Gasteiger partial charge in [-0.3, -0.25) is 9.59 Å². The molecule has 3 aromatic rings. The Morgan fingerprint density at radius 3 is 1.90 bits per heavy atom. The molecule has 0 unspecified atom stereocenters. The number of benzene rings is 3. The molecule has 0 bridgehead atoms. The van der Waals surface area contributed by atoms with Crippen LogP contribution in [0.2, 0.25) is 5.02 Å². The lowest BCUT2D eigenvalue weighted by molar-refractivity contribution is -0.119. The van der Waals surface area contributed by atoms with E-state index < -0.39 is 0 Å². The van der Waals surface area contributed by atoms with Crippen molar-refractivity contribution in [2.24, 2.45) is 0 Å². The number of rotatable bonds is 5. The Bertz CT molecular complexity index is 1510. The van der Waals surface area contributed by atoms with Gasteiger partial charge in [-0.1, -0.05) is 48.0 Å². The average molecular weight is 590 g/mol. The molecule has 40 heavy (non-hydrogen) atoms. The summed E-state index contributed by atoms with van der Waals surface area (Å²) in [6.07, 6.45) is 0.215. The van der Waals surface area contributed by atoms with Crippen LogP contribution in [0.1, 0.15) is 41.0 Å². The maximum Gasteiger partial charge on any atom is 0.196 e. The van der Waals surface area contributed by atoms with Crippen LogP contribution in [0.3, 0.4) is 0 Å². The molecule has 1 N–H and O–H groups in total. The van der Waals surface area contributed by atoms with E-state index in [1.54, 1.807) is 37.7 Å². The number of thioether (sulfide) groups is 2. The van der Waals surface area contributed by atoms with Crippen molar-refractivity contribution in [2.75, 3.05) is 25.7 Å². The molecule has 1 aliphatic carbocycles. The molecule has 3 atom stereocenters. The fraction of sp³-hybridized carbons (Fsp3) is 0.250. The van der Waals surface area contributed by atoms with Crippen molar-refractivity contribution >= 4 is 46.7 Å². The van der Waals surface area contributed by atoms with E-state index in [1.807, 2.05) is 72.8 Å². The first kappa shape index (κ1) is 27.1. The zero-order valence-corrected chi connectivity index (χ0v) is 24.5. The van der Waals surface area contributed by atoms with Crippen LogP contribution in [0, 0.1) is 0 Å². The first-order valence-electron chi connectivity index (χ1n) is 13.1. The summed E-state index contributed by atoms with van der Waals surface area (Å²) in [6, 6.07) is 23.2. The Morgan fingerprint density at radius 2 is 1.32 bits per heavy atom. The highest BCUT2D eigenvalue weighted by Crippen LogP contribution is 2.52. The van der Waals surface area contributed by atoms with Crippen LogP contribution in [0.25, 0.3) is 0 Å². The highest BCUT2D eigenvalue weighted by Gasteiger charge is 2.47. The van der Waals surface area contributed by atoms with Gasteiger partial charge >= 0.3 is 0 Å². The molecular formula is C32H28ClNO4S2. The third-order valence-electron chi connectivity index (χ3n) is 7.71. The lowest BCUT2D eigenvalue weighted by Gasteiger charge is -2.25. The summed E-state index contributed by atoms with van der Waals surface area (Å²) in [5.41, 5.74) is 4.77. The number of halogens is 1. The van der Waals surface area contributed by atoms with Gasteiger partial charge in [0.2, 0.25) is 0 Å². The van der Waals surface area contributed by atoms with Gasteiger partial charge in [-0.15, -0.1) is 23.5 Å². The van der Waals surface area contributed by atoms with E-state index in [0.717, 1.165) is 49.6 Å². The highest BCUT2D eigenvalue weighted by molar-refractivity contribution is 8.25. The van der Waals surface area contributed by atoms with Crippen molar-refractivity contribution in [3.8, 4) is 11.5 Å². The molecule has 2 aliphatic heterocycles. The van der Waals surface area contributed by atoms with E-state index in [2.05, 4.69) is 5.32 Å². The lowest BCUT2D eigenvalue weighted by Crippen LogP contribution is -2.25. The minimum Gasteiger partial charge on any atom is -0.497 e. The van der Waals surface area contributed by atoms with Crippen molar-refractivity contribution in [3.05, 3.63) is 116 Å². The molecule has 1 saturated heterocycles. The molecule has 0 spiro atoms. The molecule has 6 rings (SSSR count). The Kier molecular flexibility index (Phi) is 7.71. The molecule has 2 heterocycles. The van der Waals surface area contributed by atoms with Crippen molar-refractivity contribution < 1.29 is 19.1 Å². The van der Waals surface area contributed by atoms with Crippen LogP contribution in [0.15, 0.2) is 93.9 Å². The Morgan fingerprint density at radius 1 is 0.775 bits per heavy atom. The van der Waals surface area contributed by atoms with Crippen LogP contribution in [-0.2, 0) is 9.59 Å². The van der Waals surface area contributed by atoms with E-state index in [9.17, 15) is 9.59 Å². The molecule has 0 radical (unpaired) electrons. The van der Waals surface area contributed by atoms with Gasteiger partial charge in [-0.25, -0.2) is 0 Å². The normalized spacial score (nSPS) is 22.7. The van der Waals surface area contributed by atoms with Crippen molar-refractivity contribution in [1.82, 2.24) is 5.32 Å². The van der Waals surface area contributed by atoms with Crippen molar-refractivity contribution in [2.45, 2.75) is 24.3 Å². The quantitative estimate of drug-likeness (QED) is 0.252. The van der Waals surface area contributed by atoms with Gasteiger partial charge in [0.15, 0.2) is 11.6 Å². The molecule has 8 heteroatoms. The predicted octanol–water partition coefficient (Wildman–Crippen LogP) is 7.06. The Labute approximate surface area is 247 Å². The van der Waals surface area contributed by atoms with Crippen LogP contribution >= 0.6 is 35.1 Å². The topological polar surface area (TPSA) is 64.6 Å². The third-order valence-corrected chi connectivity index (χ3v) is 10.7. The number of Topliss-reactive ketones (excluding diaryl/α,β-unsaturated/α-hetero) is 2. The van der Waals surface area contributed by atoms with Gasteiger partial charge in [0.05, 0.1) is 30.1 Å². The summed E-state index contributed by atoms with van der Waals surface area (Å²) in [4.78, 5) is 28.4. The highest BCUT2D eigenvalue weighted by atomic mass is 35.5. The fourth-order valence-electron chi connectivity index (χ4n) is 5.76. The number of hydrogen-bond donors (Lipinski definition) is 1. The summed E-state index contributed by atoms with van der Waals surface area (Å²) >= 11 is 9.48. The number of nitrogens with one attached hydrogen (secondary N) is 1. The molecule has 0 saturated carbocycles. The van der Waals surface area contributed by atoms with E-state index in [0.29, 0.717) is 16.2 Å². The standard InChI is InChI=1S/C32H28ClNO4S2/c1-37-22-11-5-18(6-12-22)24-17-25(35)27(32-39-15-16-40-32)31(36)28-26(19-7-13-23(38-2)14-8-19)29(34-30(24)28)20-3-9-21(33)10-4-20/h3-14,24,26,29,34H,15-17H2,1-2H3/t24-,26+,29-/m1/s1. The van der Waals surface area contributed by atoms with Gasteiger partial charge < -0.3 is 14.8 Å². The Hall–Kier alpha value is -3.13. The van der Waals surface area contributed by atoms with E-state index in [-0.39, 0.29) is 35.9 Å². The second-order valence-electron chi connectivity index (χ2n) is 9.89. The van der Waals surface area contributed by atoms with Gasteiger partial charge in [-0.2, -0.15) is 0 Å². The molecule has 3 aromatic carbocycles. The number of carbonyl (C=O) groups excluding carboxylic acids is 2. The summed E-state index contributed by atoms with van der Waals surface area (Å²) in [5, 5.41) is 4.40. The monoisotopic (exact) mass is 589 g/mol. The number of methoxy groups -OCH3 is 2. The third kappa shape index (κ3) is 4.95. The zero-order valence-electron chi connectivity index (χ0n) is 22.1. The van der Waals surface area contributed by atoms with Crippen molar-refractivity contribution in [1.29, 1.82) is 0 Å². The smallest absolute Gasteiger partial charge is 0.196 e. The summed E-state index contributed by atoms with van der Waals surface area (Å²) in [5.74, 6) is 2.39. The second-order valence-corrected chi connectivity index (χ2v) is 12.8. The predicted molar refractivity (Wildman–Crippen MR) is 162 cm³/mol. The molecule has 0 aromatic heterocycles. The first-order chi connectivity index (χ1) is 19.5. The number of ketones is 2. The van der Waals surface area contributed by atoms with Gasteiger partial charge in [0.25, 0.3) is 0 Å². The van der Waals surface area contributed by atoms with Gasteiger partial charge in [0.1, 0.15) is 11.5 Å². The van der Waals surface area contributed by atoms with Crippen LogP contribution in [0.4, 0.5) is 0 Å². The minimum atomic E-state index is -0.312. The second kappa shape index (κ2) is 11.4. The van der Waals surface area contributed by atoms with Crippen molar-refractivity contribution in [3.63, 3.8) is 0 Å². The first-order valence-corrected chi connectivity index (χ1v) is 15.4. The number of hydrogen-bond acceptors (Lipinski definition) is 7. The summed E-state index contributed by atoms with van der Waals surface area (Å²) in [6.45, 7) is 0. The lowest BCUT2D eigenvalue weighted by atomic mass is 9.81. The minimum absolute atomic E-state index is 0.101. The fourth-order valence-corrected chi connectivity index (χ4v) is 8.46. The molecule has 3 aliphatic rings. The maximum atomic E-state index is 14.6. The molecule has 5 nitrogen and oxygen atoms in total. The number of allylic oxidation sites excluding steroid dienone is 2.